The molecule has 28 heavy (non-hydrogen) atoms. The lowest BCUT2D eigenvalue weighted by molar-refractivity contribution is -0.149. The molecule has 0 aromatic heterocycles. The number of hydrogen-bond acceptors (Lipinski definition) is 4. The van der Waals surface area contributed by atoms with E-state index in [9.17, 15) is 9.59 Å². The molecule has 6 nitrogen and oxygen atoms in total. The van der Waals surface area contributed by atoms with Crippen LogP contribution in [0.2, 0.25) is 0 Å². The number of rotatable bonds is 6. The quantitative estimate of drug-likeness (QED) is 0.751. The molecule has 1 aliphatic heterocycles. The number of carbonyl (C=O) groups is 2. The number of nitrogens with zero attached hydrogens (tertiary/aromatic N) is 1. The van der Waals surface area contributed by atoms with Crippen molar-refractivity contribution in [3.63, 3.8) is 0 Å². The molecule has 1 saturated carbocycles. The Labute approximate surface area is 167 Å². The molecule has 0 bridgehead atoms. The summed E-state index contributed by atoms with van der Waals surface area (Å²) in [7, 11) is 0. The minimum absolute atomic E-state index is 0.0789. The molecule has 2 amide bonds. The van der Waals surface area contributed by atoms with E-state index in [1.807, 2.05) is 31.2 Å². The van der Waals surface area contributed by atoms with Gasteiger partial charge in [-0.2, -0.15) is 0 Å². The lowest BCUT2D eigenvalue weighted by Gasteiger charge is -2.30. The molecule has 1 saturated heterocycles. The van der Waals surface area contributed by atoms with E-state index in [-0.39, 0.29) is 17.9 Å². The maximum atomic E-state index is 12.4. The minimum atomic E-state index is -0.141. The van der Waals surface area contributed by atoms with E-state index in [0.717, 1.165) is 24.2 Å². The van der Waals surface area contributed by atoms with E-state index >= 15 is 0 Å². The van der Waals surface area contributed by atoms with Crippen molar-refractivity contribution in [1.29, 1.82) is 0 Å². The lowest BCUT2D eigenvalue weighted by Crippen LogP contribution is -2.45. The van der Waals surface area contributed by atoms with E-state index in [4.69, 9.17) is 9.47 Å². The first kappa shape index (κ1) is 20.5. The third kappa shape index (κ3) is 5.88. The van der Waals surface area contributed by atoms with Gasteiger partial charge in [0.05, 0.1) is 18.6 Å². The van der Waals surface area contributed by atoms with Gasteiger partial charge in [0.1, 0.15) is 5.75 Å². The second-order valence-electron chi connectivity index (χ2n) is 7.69. The Kier molecular flexibility index (Phi) is 7.57. The molecule has 3 rings (SSSR count). The molecular formula is C22H32N2O4. The van der Waals surface area contributed by atoms with E-state index in [0.29, 0.717) is 45.2 Å². The molecule has 1 heterocycles. The second kappa shape index (κ2) is 10.3. The lowest BCUT2D eigenvalue weighted by atomic mass is 9.97. The number of carbonyl (C=O) groups excluding carboxylic acids is 2. The van der Waals surface area contributed by atoms with Gasteiger partial charge in [0.2, 0.25) is 0 Å². The van der Waals surface area contributed by atoms with Gasteiger partial charge in [-0.25, -0.2) is 4.79 Å². The zero-order valence-corrected chi connectivity index (χ0v) is 16.8. The van der Waals surface area contributed by atoms with E-state index < -0.39 is 0 Å². The number of benzene rings is 1. The number of urea groups is 1. The summed E-state index contributed by atoms with van der Waals surface area (Å²) < 4.78 is 11.1. The van der Waals surface area contributed by atoms with Crippen LogP contribution in [0.5, 0.6) is 5.75 Å². The van der Waals surface area contributed by atoms with Crippen molar-refractivity contribution < 1.29 is 19.1 Å². The van der Waals surface area contributed by atoms with Crippen LogP contribution in [-0.2, 0) is 16.1 Å². The van der Waals surface area contributed by atoms with Crippen LogP contribution in [0.25, 0.3) is 0 Å². The Morgan fingerprint density at radius 2 is 1.71 bits per heavy atom. The van der Waals surface area contributed by atoms with Gasteiger partial charge < -0.3 is 19.7 Å². The van der Waals surface area contributed by atoms with Gasteiger partial charge in [0, 0.05) is 19.6 Å². The smallest absolute Gasteiger partial charge is 0.317 e. The molecule has 1 aliphatic carbocycles. The summed E-state index contributed by atoms with van der Waals surface area (Å²) in [4.78, 5) is 25.9. The van der Waals surface area contributed by atoms with Crippen LogP contribution >= 0.6 is 0 Å². The van der Waals surface area contributed by atoms with Gasteiger partial charge in [-0.1, -0.05) is 18.6 Å². The summed E-state index contributed by atoms with van der Waals surface area (Å²) in [5, 5.41) is 2.97. The molecular weight excluding hydrogens is 356 g/mol. The normalized spacial score (nSPS) is 18.5. The first-order valence-corrected chi connectivity index (χ1v) is 10.6. The number of likely N-dealkylation sites (tertiary alicyclic amines) is 1. The summed E-state index contributed by atoms with van der Waals surface area (Å²) in [6.45, 7) is 3.88. The molecule has 0 radical (unpaired) electrons. The number of hydrogen-bond donors (Lipinski definition) is 1. The zero-order chi connectivity index (χ0) is 19.8. The summed E-state index contributed by atoms with van der Waals surface area (Å²) in [6.07, 6.45) is 7.79. The van der Waals surface area contributed by atoms with Gasteiger partial charge in [0.25, 0.3) is 0 Å². The number of nitrogens with one attached hydrogen (secondary N) is 1. The fourth-order valence-electron chi connectivity index (χ4n) is 3.93. The van der Waals surface area contributed by atoms with Gasteiger partial charge in [-0.3, -0.25) is 4.79 Å². The van der Waals surface area contributed by atoms with Crippen LogP contribution in [0.1, 0.15) is 57.4 Å². The molecule has 0 unspecified atom stereocenters. The maximum absolute atomic E-state index is 12.4. The Morgan fingerprint density at radius 3 is 2.36 bits per heavy atom. The summed E-state index contributed by atoms with van der Waals surface area (Å²) in [5.74, 6) is 0.682. The summed E-state index contributed by atoms with van der Waals surface area (Å²) in [6, 6.07) is 7.91. The second-order valence-corrected chi connectivity index (χ2v) is 7.69. The average Bonchev–Trinajstić information content (AvgIpc) is 2.74. The Bertz CT molecular complexity index is 632. The van der Waals surface area contributed by atoms with E-state index in [1.165, 1.54) is 19.3 Å². The van der Waals surface area contributed by atoms with Crippen LogP contribution in [0.4, 0.5) is 4.79 Å². The van der Waals surface area contributed by atoms with Crippen LogP contribution in [-0.4, -0.2) is 42.7 Å². The maximum Gasteiger partial charge on any atom is 0.317 e. The molecule has 2 aliphatic rings. The average molecular weight is 389 g/mol. The Morgan fingerprint density at radius 1 is 1.04 bits per heavy atom. The third-order valence-corrected chi connectivity index (χ3v) is 5.62. The zero-order valence-electron chi connectivity index (χ0n) is 16.8. The SMILES string of the molecule is CCOC(=O)C1CCN(C(=O)NCc2ccc(OC3CCCCC3)cc2)CC1. The fraction of sp³-hybridized carbons (Fsp3) is 0.636. The Hall–Kier alpha value is -2.24. The predicted octanol–water partition coefficient (Wildman–Crippen LogP) is 3.88. The highest BCUT2D eigenvalue weighted by molar-refractivity contribution is 5.76. The summed E-state index contributed by atoms with van der Waals surface area (Å²) in [5.41, 5.74) is 1.05. The van der Waals surface area contributed by atoms with Crippen molar-refractivity contribution >= 4 is 12.0 Å². The number of esters is 1. The molecule has 0 atom stereocenters. The molecule has 1 N–H and O–H groups in total. The predicted molar refractivity (Wildman–Crippen MR) is 107 cm³/mol. The highest BCUT2D eigenvalue weighted by atomic mass is 16.5. The van der Waals surface area contributed by atoms with Gasteiger partial charge in [0.15, 0.2) is 0 Å². The van der Waals surface area contributed by atoms with Crippen molar-refractivity contribution in [3.05, 3.63) is 29.8 Å². The molecule has 1 aromatic rings. The van der Waals surface area contributed by atoms with Gasteiger partial charge >= 0.3 is 12.0 Å². The topological polar surface area (TPSA) is 67.9 Å². The Balaban J connectivity index is 1.39. The van der Waals surface area contributed by atoms with Crippen LogP contribution in [0.15, 0.2) is 24.3 Å². The van der Waals surface area contributed by atoms with Crippen molar-refractivity contribution in [2.24, 2.45) is 5.92 Å². The van der Waals surface area contributed by atoms with Gasteiger partial charge in [-0.05, 0) is 63.1 Å². The van der Waals surface area contributed by atoms with Crippen LogP contribution < -0.4 is 10.1 Å². The molecule has 0 spiro atoms. The molecule has 2 fully saturated rings. The van der Waals surface area contributed by atoms with Crippen molar-refractivity contribution in [2.75, 3.05) is 19.7 Å². The molecule has 6 heteroatoms. The van der Waals surface area contributed by atoms with Crippen molar-refractivity contribution in [2.45, 2.75) is 64.5 Å². The highest BCUT2D eigenvalue weighted by Crippen LogP contribution is 2.23. The number of amides is 2. The monoisotopic (exact) mass is 388 g/mol. The van der Waals surface area contributed by atoms with Crippen LogP contribution in [0.3, 0.4) is 0 Å². The van der Waals surface area contributed by atoms with E-state index in [1.54, 1.807) is 4.90 Å². The first-order chi connectivity index (χ1) is 13.7. The first-order valence-electron chi connectivity index (χ1n) is 10.6. The van der Waals surface area contributed by atoms with Gasteiger partial charge in [-0.15, -0.1) is 0 Å². The number of ether oxygens (including phenoxy) is 2. The standard InChI is InChI=1S/C22H32N2O4/c1-2-27-21(25)18-12-14-24(15-13-18)22(26)23-16-17-8-10-20(11-9-17)28-19-6-4-3-5-7-19/h8-11,18-19H,2-7,12-16H2,1H3,(H,23,26). The fourth-order valence-corrected chi connectivity index (χ4v) is 3.93. The van der Waals surface area contributed by atoms with E-state index in [2.05, 4.69) is 5.32 Å². The van der Waals surface area contributed by atoms with Crippen molar-refractivity contribution in [3.8, 4) is 5.75 Å². The molecule has 1 aromatic carbocycles. The number of piperidine rings is 1. The largest absolute Gasteiger partial charge is 0.490 e. The van der Waals surface area contributed by atoms with Crippen LogP contribution in [0, 0.1) is 5.92 Å². The minimum Gasteiger partial charge on any atom is -0.490 e. The van der Waals surface area contributed by atoms with Crippen molar-refractivity contribution in [1.82, 2.24) is 10.2 Å². The summed E-state index contributed by atoms with van der Waals surface area (Å²) >= 11 is 0. The molecule has 154 valence electrons. The highest BCUT2D eigenvalue weighted by Gasteiger charge is 2.28. The third-order valence-electron chi connectivity index (χ3n) is 5.62.